The van der Waals surface area contributed by atoms with Crippen molar-refractivity contribution in [1.82, 2.24) is 10.3 Å². The minimum atomic E-state index is -0.527. The van der Waals surface area contributed by atoms with Gasteiger partial charge in [-0.3, -0.25) is 15.4 Å². The van der Waals surface area contributed by atoms with Crippen LogP contribution in [0.15, 0.2) is 58.9 Å². The van der Waals surface area contributed by atoms with Crippen molar-refractivity contribution in [1.29, 1.82) is 0 Å². The predicted molar refractivity (Wildman–Crippen MR) is 109 cm³/mol. The van der Waals surface area contributed by atoms with Crippen LogP contribution in [0.4, 0.5) is 21.3 Å². The Bertz CT molecular complexity index is 1050. The standard InChI is InChI=1S/C18H16N6O3S/c1-11-5-7-13(8-6-11)20-17(25)22-16(19)23-18-21-15(10-28-18)12-3-2-4-14(9-12)24(26)27/h2-10H,1H3,(H4,19,20,21,22,23,25). The van der Waals surface area contributed by atoms with Gasteiger partial charge in [0, 0.05) is 28.8 Å². The molecule has 2 aromatic carbocycles. The van der Waals surface area contributed by atoms with Crippen LogP contribution >= 0.6 is 11.3 Å². The summed E-state index contributed by atoms with van der Waals surface area (Å²) in [5, 5.41) is 18.0. The van der Waals surface area contributed by atoms with E-state index in [2.05, 4.69) is 20.6 Å². The summed E-state index contributed by atoms with van der Waals surface area (Å²) in [4.78, 5) is 30.7. The topological polar surface area (TPSA) is 136 Å². The SMILES string of the molecule is Cc1ccc(NC(=O)N/C(N)=N/c2nc(-c3cccc([N+](=O)[O-])c3)cs2)cc1. The van der Waals surface area contributed by atoms with Crippen molar-refractivity contribution in [3.05, 3.63) is 69.6 Å². The van der Waals surface area contributed by atoms with E-state index < -0.39 is 11.0 Å². The van der Waals surface area contributed by atoms with Crippen molar-refractivity contribution in [2.24, 2.45) is 10.7 Å². The number of rotatable bonds is 4. The second-order valence-electron chi connectivity index (χ2n) is 5.76. The van der Waals surface area contributed by atoms with Gasteiger partial charge in [0.05, 0.1) is 10.6 Å². The molecule has 28 heavy (non-hydrogen) atoms. The highest BCUT2D eigenvalue weighted by Crippen LogP contribution is 2.28. The summed E-state index contributed by atoms with van der Waals surface area (Å²) in [6.45, 7) is 1.95. The number of carbonyl (C=O) groups excluding carboxylic acids is 1. The van der Waals surface area contributed by atoms with Crippen molar-refractivity contribution < 1.29 is 9.72 Å². The fourth-order valence-electron chi connectivity index (χ4n) is 2.27. The minimum absolute atomic E-state index is 0.0236. The third kappa shape index (κ3) is 4.89. The number of thiazole rings is 1. The van der Waals surface area contributed by atoms with Gasteiger partial charge in [-0.1, -0.05) is 29.8 Å². The molecule has 0 spiro atoms. The Hall–Kier alpha value is -3.79. The molecule has 0 atom stereocenters. The molecule has 0 fully saturated rings. The first-order valence-electron chi connectivity index (χ1n) is 8.10. The van der Waals surface area contributed by atoms with E-state index in [1.807, 2.05) is 19.1 Å². The van der Waals surface area contributed by atoms with Gasteiger partial charge in [-0.05, 0) is 19.1 Å². The number of non-ortho nitro benzene ring substituents is 1. The van der Waals surface area contributed by atoms with E-state index in [9.17, 15) is 14.9 Å². The molecular formula is C18H16N6O3S. The quantitative estimate of drug-likeness (QED) is 0.267. The fraction of sp³-hybridized carbons (Fsp3) is 0.0556. The van der Waals surface area contributed by atoms with Crippen LogP contribution in [0.5, 0.6) is 0 Å². The fourth-order valence-corrected chi connectivity index (χ4v) is 2.98. The first-order valence-corrected chi connectivity index (χ1v) is 8.98. The maximum atomic E-state index is 12.0. The maximum absolute atomic E-state index is 12.0. The van der Waals surface area contributed by atoms with Crippen LogP contribution in [0.1, 0.15) is 5.56 Å². The Balaban J connectivity index is 1.66. The number of nitrogens with two attached hydrogens (primary N) is 1. The number of aryl methyl sites for hydroxylation is 1. The Kier molecular flexibility index (Phi) is 5.61. The average molecular weight is 396 g/mol. The highest BCUT2D eigenvalue weighted by atomic mass is 32.1. The first-order chi connectivity index (χ1) is 13.4. The zero-order chi connectivity index (χ0) is 20.1. The van der Waals surface area contributed by atoms with Gasteiger partial charge in [-0.25, -0.2) is 9.78 Å². The third-order valence-corrected chi connectivity index (χ3v) is 4.35. The molecule has 0 aliphatic rings. The Morgan fingerprint density at radius 1 is 1.25 bits per heavy atom. The van der Waals surface area contributed by atoms with E-state index in [4.69, 9.17) is 5.73 Å². The number of benzene rings is 2. The van der Waals surface area contributed by atoms with Gasteiger partial charge < -0.3 is 11.1 Å². The van der Waals surface area contributed by atoms with Crippen LogP contribution in [-0.4, -0.2) is 21.9 Å². The molecule has 3 aromatic rings. The number of anilines is 1. The Labute approximate surface area is 164 Å². The van der Waals surface area contributed by atoms with Gasteiger partial charge in [-0.2, -0.15) is 4.99 Å². The maximum Gasteiger partial charge on any atom is 0.325 e. The van der Waals surface area contributed by atoms with Gasteiger partial charge in [0.1, 0.15) is 0 Å². The lowest BCUT2D eigenvalue weighted by atomic mass is 10.1. The number of hydrogen-bond acceptors (Lipinski definition) is 6. The lowest BCUT2D eigenvalue weighted by Gasteiger charge is -2.06. The summed E-state index contributed by atoms with van der Waals surface area (Å²) in [5.41, 5.74) is 8.56. The summed E-state index contributed by atoms with van der Waals surface area (Å²) < 4.78 is 0. The zero-order valence-electron chi connectivity index (χ0n) is 14.7. The van der Waals surface area contributed by atoms with Gasteiger partial charge in [0.2, 0.25) is 11.1 Å². The summed E-state index contributed by atoms with van der Waals surface area (Å²) in [7, 11) is 0. The highest BCUT2D eigenvalue weighted by molar-refractivity contribution is 7.13. The van der Waals surface area contributed by atoms with Crippen LogP contribution in [-0.2, 0) is 0 Å². The molecule has 9 nitrogen and oxygen atoms in total. The van der Waals surface area contributed by atoms with Crippen LogP contribution in [0.2, 0.25) is 0 Å². The average Bonchev–Trinajstić information content (AvgIpc) is 3.12. The molecule has 0 unspecified atom stereocenters. The number of nitrogens with zero attached hydrogens (tertiary/aromatic N) is 3. The molecule has 0 aliphatic carbocycles. The van der Waals surface area contributed by atoms with Crippen LogP contribution in [0.3, 0.4) is 0 Å². The second-order valence-corrected chi connectivity index (χ2v) is 6.60. The lowest BCUT2D eigenvalue weighted by Crippen LogP contribution is -2.39. The number of carbonyl (C=O) groups is 1. The molecule has 0 saturated heterocycles. The predicted octanol–water partition coefficient (Wildman–Crippen LogP) is 3.79. The van der Waals surface area contributed by atoms with Crippen molar-refractivity contribution in [3.8, 4) is 11.3 Å². The molecule has 142 valence electrons. The smallest absolute Gasteiger partial charge is 0.325 e. The number of hydrogen-bond donors (Lipinski definition) is 3. The number of nitro groups is 1. The number of aliphatic imine (C=N–C) groups is 1. The van der Waals surface area contributed by atoms with Gasteiger partial charge in [-0.15, -0.1) is 11.3 Å². The second kappa shape index (κ2) is 8.27. The van der Waals surface area contributed by atoms with E-state index in [0.29, 0.717) is 22.1 Å². The Morgan fingerprint density at radius 2 is 2.00 bits per heavy atom. The number of nitrogens with one attached hydrogen (secondary N) is 2. The number of amides is 2. The van der Waals surface area contributed by atoms with E-state index >= 15 is 0 Å². The third-order valence-electron chi connectivity index (χ3n) is 3.61. The molecule has 0 radical (unpaired) electrons. The van der Waals surface area contributed by atoms with Crippen LogP contribution < -0.4 is 16.4 Å². The molecule has 3 rings (SSSR count). The van der Waals surface area contributed by atoms with E-state index in [0.717, 1.165) is 5.56 Å². The van der Waals surface area contributed by atoms with Gasteiger partial charge in [0.15, 0.2) is 0 Å². The largest absolute Gasteiger partial charge is 0.369 e. The minimum Gasteiger partial charge on any atom is -0.369 e. The van der Waals surface area contributed by atoms with E-state index in [1.54, 1.807) is 29.6 Å². The van der Waals surface area contributed by atoms with E-state index in [1.165, 1.54) is 23.5 Å². The van der Waals surface area contributed by atoms with E-state index in [-0.39, 0.29) is 11.6 Å². The number of nitro benzene ring substituents is 1. The monoisotopic (exact) mass is 396 g/mol. The van der Waals surface area contributed by atoms with Gasteiger partial charge in [0.25, 0.3) is 5.69 Å². The lowest BCUT2D eigenvalue weighted by molar-refractivity contribution is -0.384. The summed E-state index contributed by atoms with van der Waals surface area (Å²) in [6.07, 6.45) is 0. The number of aromatic nitrogens is 1. The molecule has 0 aliphatic heterocycles. The van der Waals surface area contributed by atoms with Crippen LogP contribution in [0, 0.1) is 17.0 Å². The molecule has 1 aromatic heterocycles. The van der Waals surface area contributed by atoms with Crippen molar-refractivity contribution in [2.75, 3.05) is 5.32 Å². The molecule has 4 N–H and O–H groups in total. The molecular weight excluding hydrogens is 380 g/mol. The van der Waals surface area contributed by atoms with Crippen molar-refractivity contribution >= 4 is 39.8 Å². The normalized spacial score (nSPS) is 11.1. The van der Waals surface area contributed by atoms with Crippen LogP contribution in [0.25, 0.3) is 11.3 Å². The summed E-state index contributed by atoms with van der Waals surface area (Å²) >= 11 is 1.20. The molecule has 0 saturated carbocycles. The number of guanidine groups is 1. The Morgan fingerprint density at radius 3 is 2.71 bits per heavy atom. The number of urea groups is 1. The molecule has 1 heterocycles. The van der Waals surface area contributed by atoms with Crippen molar-refractivity contribution in [2.45, 2.75) is 6.92 Å². The summed E-state index contributed by atoms with van der Waals surface area (Å²) in [5.74, 6) is -0.121. The molecule has 0 bridgehead atoms. The zero-order valence-corrected chi connectivity index (χ0v) is 15.6. The molecule has 2 amide bonds. The van der Waals surface area contributed by atoms with Gasteiger partial charge >= 0.3 is 6.03 Å². The molecule has 10 heteroatoms. The van der Waals surface area contributed by atoms with Crippen molar-refractivity contribution in [3.63, 3.8) is 0 Å². The first kappa shape index (κ1) is 19.0. The summed E-state index contributed by atoms with van der Waals surface area (Å²) in [6, 6.07) is 12.9. The highest BCUT2D eigenvalue weighted by Gasteiger charge is 2.10.